The third-order valence-electron chi connectivity index (χ3n) is 3.05. The third kappa shape index (κ3) is 2.58. The lowest BCUT2D eigenvalue weighted by molar-refractivity contribution is 0.299. The van der Waals surface area contributed by atoms with Crippen LogP contribution in [0.3, 0.4) is 0 Å². The zero-order chi connectivity index (χ0) is 9.80. The molecule has 1 aliphatic carbocycles. The van der Waals surface area contributed by atoms with Crippen LogP contribution in [0, 0.1) is 5.92 Å². The highest BCUT2D eigenvalue weighted by Gasteiger charge is 2.18. The Bertz CT molecular complexity index is 256. The fraction of sp³-hybridized carbons (Fsp3) is 0.727. The van der Waals surface area contributed by atoms with Gasteiger partial charge in [0, 0.05) is 18.4 Å². The van der Waals surface area contributed by atoms with Crippen molar-refractivity contribution in [1.82, 2.24) is 15.3 Å². The number of nitrogens with one attached hydrogen (secondary N) is 2. The summed E-state index contributed by atoms with van der Waals surface area (Å²) >= 11 is 0. The van der Waals surface area contributed by atoms with E-state index in [2.05, 4.69) is 22.2 Å². The zero-order valence-electron chi connectivity index (χ0n) is 8.79. The summed E-state index contributed by atoms with van der Waals surface area (Å²) in [7, 11) is 0. The Hall–Kier alpha value is -0.830. The molecule has 1 fully saturated rings. The van der Waals surface area contributed by atoms with Gasteiger partial charge in [-0.25, -0.2) is 4.98 Å². The molecule has 1 heterocycles. The predicted octanol–water partition coefficient (Wildman–Crippen LogP) is 2.08. The highest BCUT2D eigenvalue weighted by Crippen LogP contribution is 2.23. The second kappa shape index (κ2) is 4.60. The van der Waals surface area contributed by atoms with E-state index in [1.54, 1.807) is 6.20 Å². The lowest BCUT2D eigenvalue weighted by Gasteiger charge is -2.27. The molecule has 0 aromatic carbocycles. The molecule has 0 amide bonds. The van der Waals surface area contributed by atoms with E-state index in [0.717, 1.165) is 18.3 Å². The molecule has 2 rings (SSSR count). The average Bonchev–Trinajstić information content (AvgIpc) is 2.67. The molecule has 78 valence electrons. The number of hydrogen-bond donors (Lipinski definition) is 2. The number of aromatic nitrogens is 2. The minimum absolute atomic E-state index is 0.698. The van der Waals surface area contributed by atoms with Gasteiger partial charge in [0.15, 0.2) is 0 Å². The molecule has 1 saturated carbocycles. The Morgan fingerprint density at radius 3 is 3.21 bits per heavy atom. The van der Waals surface area contributed by atoms with E-state index in [0.29, 0.717) is 6.04 Å². The Morgan fingerprint density at radius 1 is 1.57 bits per heavy atom. The fourth-order valence-corrected chi connectivity index (χ4v) is 2.26. The van der Waals surface area contributed by atoms with Crippen LogP contribution in [0.1, 0.15) is 38.4 Å². The molecule has 3 heteroatoms. The normalized spacial score (nSPS) is 27.8. The van der Waals surface area contributed by atoms with Crippen molar-refractivity contribution in [2.45, 2.75) is 45.2 Å². The Balaban J connectivity index is 1.75. The van der Waals surface area contributed by atoms with Crippen LogP contribution in [0.2, 0.25) is 0 Å². The van der Waals surface area contributed by atoms with E-state index < -0.39 is 0 Å². The van der Waals surface area contributed by atoms with Gasteiger partial charge < -0.3 is 10.3 Å². The molecule has 0 radical (unpaired) electrons. The van der Waals surface area contributed by atoms with Crippen molar-refractivity contribution in [1.29, 1.82) is 0 Å². The first-order chi connectivity index (χ1) is 6.84. The molecule has 0 bridgehead atoms. The van der Waals surface area contributed by atoms with Crippen LogP contribution in [-0.4, -0.2) is 16.0 Å². The van der Waals surface area contributed by atoms with Gasteiger partial charge in [0.2, 0.25) is 0 Å². The van der Waals surface area contributed by atoms with E-state index >= 15 is 0 Å². The lowest BCUT2D eigenvalue weighted by Crippen LogP contribution is -2.33. The molecule has 0 saturated heterocycles. The van der Waals surface area contributed by atoms with Crippen LogP contribution >= 0.6 is 0 Å². The zero-order valence-corrected chi connectivity index (χ0v) is 8.79. The van der Waals surface area contributed by atoms with E-state index in [9.17, 15) is 0 Å². The summed E-state index contributed by atoms with van der Waals surface area (Å²) < 4.78 is 0. The van der Waals surface area contributed by atoms with Crippen molar-refractivity contribution >= 4 is 0 Å². The summed E-state index contributed by atoms with van der Waals surface area (Å²) in [6, 6.07) is 0.698. The minimum atomic E-state index is 0.698. The molecular weight excluding hydrogens is 174 g/mol. The first-order valence-corrected chi connectivity index (χ1v) is 5.56. The van der Waals surface area contributed by atoms with Crippen molar-refractivity contribution in [3.05, 3.63) is 18.2 Å². The second-order valence-corrected chi connectivity index (χ2v) is 4.39. The third-order valence-corrected chi connectivity index (χ3v) is 3.05. The molecule has 14 heavy (non-hydrogen) atoms. The van der Waals surface area contributed by atoms with Crippen LogP contribution in [0.15, 0.2) is 12.4 Å². The van der Waals surface area contributed by atoms with Crippen molar-refractivity contribution in [2.24, 2.45) is 5.92 Å². The van der Waals surface area contributed by atoms with Gasteiger partial charge in [0.05, 0.1) is 6.54 Å². The van der Waals surface area contributed by atoms with Gasteiger partial charge in [0.25, 0.3) is 0 Å². The highest BCUT2D eigenvalue weighted by atomic mass is 15.0. The number of imidazole rings is 1. The van der Waals surface area contributed by atoms with Crippen LogP contribution in [-0.2, 0) is 6.54 Å². The van der Waals surface area contributed by atoms with E-state index in [4.69, 9.17) is 0 Å². The van der Waals surface area contributed by atoms with Gasteiger partial charge in [0.1, 0.15) is 5.82 Å². The van der Waals surface area contributed by atoms with Crippen LogP contribution in [0.25, 0.3) is 0 Å². The van der Waals surface area contributed by atoms with Gasteiger partial charge in [-0.1, -0.05) is 19.8 Å². The summed E-state index contributed by atoms with van der Waals surface area (Å²) in [4.78, 5) is 7.32. The fourth-order valence-electron chi connectivity index (χ4n) is 2.26. The molecule has 1 aromatic heterocycles. The summed E-state index contributed by atoms with van der Waals surface area (Å²) in [6.45, 7) is 3.23. The molecule has 2 unspecified atom stereocenters. The topological polar surface area (TPSA) is 40.7 Å². The second-order valence-electron chi connectivity index (χ2n) is 4.39. The number of H-pyrrole nitrogens is 1. The summed E-state index contributed by atoms with van der Waals surface area (Å²) in [5, 5.41) is 3.56. The number of nitrogens with zero attached hydrogens (tertiary/aromatic N) is 1. The monoisotopic (exact) mass is 193 g/mol. The van der Waals surface area contributed by atoms with Crippen molar-refractivity contribution in [2.75, 3.05) is 0 Å². The van der Waals surface area contributed by atoms with Crippen LogP contribution in [0.4, 0.5) is 0 Å². The lowest BCUT2D eigenvalue weighted by atomic mass is 9.87. The Morgan fingerprint density at radius 2 is 2.50 bits per heavy atom. The Kier molecular flexibility index (Phi) is 3.19. The first kappa shape index (κ1) is 9.71. The predicted molar refractivity (Wildman–Crippen MR) is 56.8 cm³/mol. The molecule has 3 nitrogen and oxygen atoms in total. The van der Waals surface area contributed by atoms with Crippen LogP contribution < -0.4 is 5.32 Å². The molecule has 0 spiro atoms. The van der Waals surface area contributed by atoms with Crippen molar-refractivity contribution < 1.29 is 0 Å². The Labute approximate surface area is 85.3 Å². The quantitative estimate of drug-likeness (QED) is 0.771. The first-order valence-electron chi connectivity index (χ1n) is 5.56. The summed E-state index contributed by atoms with van der Waals surface area (Å²) in [5.41, 5.74) is 0. The maximum atomic E-state index is 4.20. The molecule has 2 atom stereocenters. The van der Waals surface area contributed by atoms with Crippen LogP contribution in [0.5, 0.6) is 0 Å². The number of hydrogen-bond acceptors (Lipinski definition) is 2. The number of rotatable bonds is 3. The van der Waals surface area contributed by atoms with Gasteiger partial charge in [-0.3, -0.25) is 0 Å². The molecule has 0 aliphatic heterocycles. The molecular formula is C11H19N3. The van der Waals surface area contributed by atoms with Gasteiger partial charge in [-0.05, 0) is 18.8 Å². The van der Waals surface area contributed by atoms with Gasteiger partial charge >= 0.3 is 0 Å². The largest absolute Gasteiger partial charge is 0.348 e. The SMILES string of the molecule is CC1CCCC(NCc2ncc[nH]2)C1. The summed E-state index contributed by atoms with van der Waals surface area (Å²) in [6.07, 6.45) is 9.10. The van der Waals surface area contributed by atoms with E-state index in [1.807, 2.05) is 6.20 Å². The average molecular weight is 193 g/mol. The highest BCUT2D eigenvalue weighted by molar-refractivity contribution is 4.87. The number of aromatic amines is 1. The molecule has 1 aromatic rings. The van der Waals surface area contributed by atoms with E-state index in [-0.39, 0.29) is 0 Å². The maximum Gasteiger partial charge on any atom is 0.120 e. The maximum absolute atomic E-state index is 4.20. The molecule has 1 aliphatic rings. The van der Waals surface area contributed by atoms with Gasteiger partial charge in [-0.2, -0.15) is 0 Å². The molecule has 2 N–H and O–H groups in total. The summed E-state index contributed by atoms with van der Waals surface area (Å²) in [5.74, 6) is 1.93. The smallest absolute Gasteiger partial charge is 0.120 e. The minimum Gasteiger partial charge on any atom is -0.348 e. The van der Waals surface area contributed by atoms with Crippen molar-refractivity contribution in [3.63, 3.8) is 0 Å². The van der Waals surface area contributed by atoms with Crippen molar-refractivity contribution in [3.8, 4) is 0 Å². The van der Waals surface area contributed by atoms with E-state index in [1.165, 1.54) is 25.7 Å². The van der Waals surface area contributed by atoms with Gasteiger partial charge in [-0.15, -0.1) is 0 Å². The standard InChI is InChI=1S/C11H19N3/c1-9-3-2-4-10(7-9)14-8-11-12-5-6-13-11/h5-6,9-10,14H,2-4,7-8H2,1H3,(H,12,13).